The van der Waals surface area contributed by atoms with E-state index in [2.05, 4.69) is 10.1 Å². The number of carbonyl (C=O) groups is 1. The summed E-state index contributed by atoms with van der Waals surface area (Å²) in [7, 11) is -4.15. The molecule has 44 heavy (non-hydrogen) atoms. The molecule has 0 unspecified atom stereocenters. The lowest BCUT2D eigenvalue weighted by Gasteiger charge is -2.30. The fraction of sp³-hybridized carbons (Fsp3) is 0.469. The quantitative estimate of drug-likeness (QED) is 0.113. The predicted molar refractivity (Wildman–Crippen MR) is 172 cm³/mol. The first kappa shape index (κ1) is 33.4. The molecule has 238 valence electrons. The number of imidazole rings is 1. The van der Waals surface area contributed by atoms with Crippen molar-refractivity contribution in [3.05, 3.63) is 60.4 Å². The number of rotatable bonds is 14. The number of para-hydroxylation sites is 2. The third kappa shape index (κ3) is 7.95. The van der Waals surface area contributed by atoms with E-state index >= 15 is 0 Å². The molecule has 11 nitrogen and oxygen atoms in total. The van der Waals surface area contributed by atoms with Crippen molar-refractivity contribution >= 4 is 41.5 Å². The number of hydrogen-bond donors (Lipinski definition) is 2. The highest BCUT2D eigenvalue weighted by Crippen LogP contribution is 2.47. The van der Waals surface area contributed by atoms with Gasteiger partial charge in [-0.1, -0.05) is 57.2 Å². The van der Waals surface area contributed by atoms with Crippen molar-refractivity contribution in [2.45, 2.75) is 79.2 Å². The fourth-order valence-electron chi connectivity index (χ4n) is 4.84. The monoisotopic (exact) mass is 625 g/mol. The Morgan fingerprint density at radius 2 is 1.73 bits per heavy atom. The van der Waals surface area contributed by atoms with Gasteiger partial charge in [0, 0.05) is 12.0 Å². The number of anilines is 1. The van der Waals surface area contributed by atoms with Gasteiger partial charge < -0.3 is 24.3 Å². The van der Waals surface area contributed by atoms with Crippen LogP contribution in [0.1, 0.15) is 66.8 Å². The Morgan fingerprint density at radius 1 is 1.05 bits per heavy atom. The molecule has 0 aliphatic heterocycles. The summed E-state index contributed by atoms with van der Waals surface area (Å²) in [4.78, 5) is 22.6. The molecule has 3 atom stereocenters. The average Bonchev–Trinajstić information content (AvgIpc) is 3.35. The molecule has 0 saturated carbocycles. The van der Waals surface area contributed by atoms with E-state index in [0.717, 1.165) is 16.4 Å². The van der Waals surface area contributed by atoms with Gasteiger partial charge in [0.25, 0.3) is 0 Å². The molecule has 4 rings (SSSR count). The summed E-state index contributed by atoms with van der Waals surface area (Å²) in [5.41, 5.74) is 7.73. The molecule has 12 heteroatoms. The number of aromatic nitrogens is 3. The highest BCUT2D eigenvalue weighted by molar-refractivity contribution is 7.52. The summed E-state index contributed by atoms with van der Waals surface area (Å²) >= 11 is 0. The number of nitrogens with zero attached hydrogens (tertiary/aromatic N) is 3. The van der Waals surface area contributed by atoms with Crippen molar-refractivity contribution in [2.75, 3.05) is 18.9 Å². The van der Waals surface area contributed by atoms with Crippen LogP contribution in [0.15, 0.2) is 54.6 Å². The lowest BCUT2D eigenvalue weighted by molar-refractivity contribution is -0.158. The number of benzene rings is 2. The number of nitrogen functional groups attached to an aromatic ring is 1. The van der Waals surface area contributed by atoms with E-state index in [1.807, 2.05) is 62.6 Å². The van der Waals surface area contributed by atoms with Gasteiger partial charge in [0.2, 0.25) is 0 Å². The molecule has 2 aromatic carbocycles. The van der Waals surface area contributed by atoms with Crippen molar-refractivity contribution < 1.29 is 27.9 Å². The van der Waals surface area contributed by atoms with E-state index in [1.54, 1.807) is 45.0 Å². The van der Waals surface area contributed by atoms with Crippen LogP contribution in [-0.4, -0.2) is 45.4 Å². The number of ether oxygens (including phenoxy) is 2. The minimum absolute atomic E-state index is 0.0338. The van der Waals surface area contributed by atoms with E-state index in [0.29, 0.717) is 35.9 Å². The Hall–Kier alpha value is -3.50. The van der Waals surface area contributed by atoms with Gasteiger partial charge in [-0.25, -0.2) is 14.5 Å². The zero-order chi connectivity index (χ0) is 32.1. The van der Waals surface area contributed by atoms with Crippen LogP contribution >= 0.6 is 7.75 Å². The minimum atomic E-state index is -4.15. The van der Waals surface area contributed by atoms with E-state index in [1.165, 1.54) is 0 Å². The second-order valence-corrected chi connectivity index (χ2v) is 13.6. The maximum absolute atomic E-state index is 14.5. The SMILES string of the molecule is CCOCc1nc2c(N)nc3ccccc3c2n1[C@H](CC)CO[P@@](=O)(N[C@H](C(=O)OC(C)(C)C)C(C)C)Oc1ccccc1. The van der Waals surface area contributed by atoms with Crippen LogP contribution in [0.25, 0.3) is 21.9 Å². The lowest BCUT2D eigenvalue weighted by atomic mass is 10.1. The number of nitrogens with two attached hydrogens (primary N) is 1. The van der Waals surface area contributed by atoms with Crippen molar-refractivity contribution in [3.8, 4) is 5.75 Å². The van der Waals surface area contributed by atoms with E-state index in [9.17, 15) is 9.36 Å². The Kier molecular flexibility index (Phi) is 10.7. The first-order valence-electron chi connectivity index (χ1n) is 15.0. The summed E-state index contributed by atoms with van der Waals surface area (Å²) < 4.78 is 40.1. The Labute approximate surface area is 259 Å². The summed E-state index contributed by atoms with van der Waals surface area (Å²) in [5, 5.41) is 3.78. The predicted octanol–water partition coefficient (Wildman–Crippen LogP) is 6.81. The maximum Gasteiger partial charge on any atom is 0.459 e. The van der Waals surface area contributed by atoms with Gasteiger partial charge in [-0.15, -0.1) is 0 Å². The summed E-state index contributed by atoms with van der Waals surface area (Å²) in [6.45, 7) is 13.6. The van der Waals surface area contributed by atoms with E-state index < -0.39 is 25.4 Å². The Morgan fingerprint density at radius 3 is 2.36 bits per heavy atom. The number of fused-ring (bicyclic) bond motifs is 3. The van der Waals surface area contributed by atoms with Gasteiger partial charge in [-0.3, -0.25) is 9.32 Å². The molecule has 0 radical (unpaired) electrons. The van der Waals surface area contributed by atoms with Crippen LogP contribution in [-0.2, 0) is 30.0 Å². The van der Waals surface area contributed by atoms with Crippen LogP contribution in [0, 0.1) is 5.92 Å². The van der Waals surface area contributed by atoms with E-state index in [4.69, 9.17) is 29.2 Å². The van der Waals surface area contributed by atoms with Gasteiger partial charge >= 0.3 is 13.7 Å². The second kappa shape index (κ2) is 14.1. The van der Waals surface area contributed by atoms with Crippen molar-refractivity contribution in [1.29, 1.82) is 0 Å². The molecule has 0 aliphatic rings. The minimum Gasteiger partial charge on any atom is -0.459 e. The molecule has 4 aromatic rings. The highest BCUT2D eigenvalue weighted by Gasteiger charge is 2.38. The molecule has 0 amide bonds. The third-order valence-electron chi connectivity index (χ3n) is 6.93. The number of esters is 1. The number of nitrogens with one attached hydrogen (secondary N) is 1. The van der Waals surface area contributed by atoms with Crippen LogP contribution in [0.2, 0.25) is 0 Å². The zero-order valence-corrected chi connectivity index (χ0v) is 27.5. The summed E-state index contributed by atoms with van der Waals surface area (Å²) in [6, 6.07) is 15.1. The van der Waals surface area contributed by atoms with Gasteiger partial charge in [0.1, 0.15) is 35.3 Å². The maximum atomic E-state index is 14.5. The molecular formula is C32H44N5O6P. The summed E-state index contributed by atoms with van der Waals surface area (Å²) in [6.07, 6.45) is 0.589. The lowest BCUT2D eigenvalue weighted by Crippen LogP contribution is -2.44. The topological polar surface area (TPSA) is 140 Å². The van der Waals surface area contributed by atoms with Crippen LogP contribution < -0.4 is 15.3 Å². The number of pyridine rings is 1. The largest absolute Gasteiger partial charge is 0.459 e. The average molecular weight is 626 g/mol. The van der Waals surface area contributed by atoms with Crippen molar-refractivity contribution in [2.24, 2.45) is 5.92 Å². The smallest absolute Gasteiger partial charge is 0.459 e. The highest BCUT2D eigenvalue weighted by atomic mass is 31.2. The molecule has 0 spiro atoms. The van der Waals surface area contributed by atoms with Crippen molar-refractivity contribution in [3.63, 3.8) is 0 Å². The van der Waals surface area contributed by atoms with Gasteiger partial charge in [0.15, 0.2) is 5.82 Å². The first-order chi connectivity index (χ1) is 20.9. The Bertz CT molecular complexity index is 1620. The standard InChI is InChI=1S/C32H44N5O6P/c1-8-22(37-26(20-40-9-2)35-28-29(37)24-17-13-14-18-25(24)34-30(28)33)19-41-44(39,43-23-15-11-10-12-16-23)36-27(21(3)4)31(38)42-32(5,6)7/h10-18,21-22,27H,8-9,19-20H2,1-7H3,(H2,33,34)(H,36,39)/t22-,27+,44+/m1/s1. The second-order valence-electron chi connectivity index (χ2n) is 11.9. The van der Waals surface area contributed by atoms with Crippen LogP contribution in [0.5, 0.6) is 5.75 Å². The first-order valence-corrected chi connectivity index (χ1v) is 16.5. The number of carbonyl (C=O) groups excluding carboxylic acids is 1. The normalized spacial score (nSPS) is 14.9. The van der Waals surface area contributed by atoms with Crippen molar-refractivity contribution in [1.82, 2.24) is 19.6 Å². The fourth-order valence-corrected chi connectivity index (χ4v) is 6.53. The third-order valence-corrected chi connectivity index (χ3v) is 8.46. The summed E-state index contributed by atoms with van der Waals surface area (Å²) in [5.74, 6) is 0.457. The molecular weight excluding hydrogens is 581 g/mol. The number of hydrogen-bond acceptors (Lipinski definition) is 9. The molecule has 0 aliphatic carbocycles. The molecule has 0 bridgehead atoms. The van der Waals surface area contributed by atoms with Gasteiger partial charge in [0.05, 0.1) is 23.7 Å². The van der Waals surface area contributed by atoms with Gasteiger partial charge in [-0.2, -0.15) is 5.09 Å². The molecule has 0 saturated heterocycles. The zero-order valence-electron chi connectivity index (χ0n) is 26.6. The van der Waals surface area contributed by atoms with Crippen LogP contribution in [0.4, 0.5) is 5.82 Å². The van der Waals surface area contributed by atoms with Gasteiger partial charge in [-0.05, 0) is 58.2 Å². The Balaban J connectivity index is 1.75. The molecule has 3 N–H and O–H groups in total. The molecule has 2 aromatic heterocycles. The van der Waals surface area contributed by atoms with E-state index in [-0.39, 0.29) is 25.2 Å². The molecule has 0 fully saturated rings. The van der Waals surface area contributed by atoms with Crippen LogP contribution in [0.3, 0.4) is 0 Å². The molecule has 2 heterocycles.